The number of rotatable bonds is 2. The van der Waals surface area contributed by atoms with Gasteiger partial charge < -0.3 is 5.21 Å². The summed E-state index contributed by atoms with van der Waals surface area (Å²) < 4.78 is 0. The summed E-state index contributed by atoms with van der Waals surface area (Å²) >= 11 is 0. The molecule has 0 radical (unpaired) electrons. The van der Waals surface area contributed by atoms with Crippen LogP contribution in [0, 0.1) is 0 Å². The van der Waals surface area contributed by atoms with Crippen molar-refractivity contribution in [1.82, 2.24) is 4.98 Å². The maximum absolute atomic E-state index is 8.75. The van der Waals surface area contributed by atoms with Crippen molar-refractivity contribution in [1.29, 1.82) is 0 Å². The largest absolute Gasteiger partial charge is 0.411 e. The SMILES string of the molecule is ON=Cc1ccccc1-c1nccc2ccccc12. The van der Waals surface area contributed by atoms with Crippen molar-refractivity contribution < 1.29 is 5.21 Å². The Kier molecular flexibility index (Phi) is 2.94. The number of hydrogen-bond acceptors (Lipinski definition) is 3. The van der Waals surface area contributed by atoms with Crippen molar-refractivity contribution in [2.75, 3.05) is 0 Å². The average molecular weight is 248 g/mol. The van der Waals surface area contributed by atoms with Gasteiger partial charge in [-0.1, -0.05) is 53.7 Å². The van der Waals surface area contributed by atoms with Crippen LogP contribution in [0.25, 0.3) is 22.0 Å². The summed E-state index contributed by atoms with van der Waals surface area (Å²) in [6.45, 7) is 0. The fourth-order valence-electron chi connectivity index (χ4n) is 2.22. The number of aromatic nitrogens is 1. The zero-order valence-corrected chi connectivity index (χ0v) is 10.2. The highest BCUT2D eigenvalue weighted by molar-refractivity contribution is 5.99. The van der Waals surface area contributed by atoms with Gasteiger partial charge in [0.15, 0.2) is 0 Å². The summed E-state index contributed by atoms with van der Waals surface area (Å²) in [4.78, 5) is 4.48. The van der Waals surface area contributed by atoms with Crippen LogP contribution in [-0.4, -0.2) is 16.4 Å². The van der Waals surface area contributed by atoms with Gasteiger partial charge in [0.1, 0.15) is 0 Å². The minimum atomic E-state index is 0.842. The van der Waals surface area contributed by atoms with Gasteiger partial charge in [0.05, 0.1) is 11.9 Å². The predicted octanol–water partition coefficient (Wildman–Crippen LogP) is 3.71. The molecular formula is C16H12N2O. The first kappa shape index (κ1) is 11.4. The van der Waals surface area contributed by atoms with Gasteiger partial charge in [0.2, 0.25) is 0 Å². The molecule has 0 aliphatic rings. The van der Waals surface area contributed by atoms with Crippen LogP contribution in [0.15, 0.2) is 65.9 Å². The van der Waals surface area contributed by atoms with Gasteiger partial charge in [-0.3, -0.25) is 4.98 Å². The molecule has 0 spiro atoms. The van der Waals surface area contributed by atoms with Crippen LogP contribution in [0.5, 0.6) is 0 Å². The van der Waals surface area contributed by atoms with E-state index in [1.165, 1.54) is 6.21 Å². The van der Waals surface area contributed by atoms with Crippen molar-refractivity contribution in [3.05, 3.63) is 66.4 Å². The molecule has 0 bridgehead atoms. The minimum absolute atomic E-state index is 0.842. The smallest absolute Gasteiger partial charge is 0.0786 e. The molecular weight excluding hydrogens is 236 g/mol. The Morgan fingerprint density at radius 1 is 0.947 bits per heavy atom. The zero-order chi connectivity index (χ0) is 13.1. The zero-order valence-electron chi connectivity index (χ0n) is 10.2. The third-order valence-electron chi connectivity index (χ3n) is 3.09. The summed E-state index contributed by atoms with van der Waals surface area (Å²) in [5.74, 6) is 0. The fourth-order valence-corrected chi connectivity index (χ4v) is 2.22. The number of hydrogen-bond donors (Lipinski definition) is 1. The summed E-state index contributed by atoms with van der Waals surface area (Å²) in [5.41, 5.74) is 2.69. The van der Waals surface area contributed by atoms with Crippen LogP contribution in [0.1, 0.15) is 5.56 Å². The Morgan fingerprint density at radius 2 is 1.74 bits per heavy atom. The van der Waals surface area contributed by atoms with E-state index in [-0.39, 0.29) is 0 Å². The third kappa shape index (κ3) is 2.06. The molecule has 2 aromatic carbocycles. The Bertz CT molecular complexity index is 745. The first-order valence-electron chi connectivity index (χ1n) is 6.01. The highest BCUT2D eigenvalue weighted by atomic mass is 16.4. The molecule has 3 heteroatoms. The van der Waals surface area contributed by atoms with Crippen molar-refractivity contribution in [3.8, 4) is 11.3 Å². The van der Waals surface area contributed by atoms with E-state index in [1.54, 1.807) is 6.20 Å². The molecule has 3 nitrogen and oxygen atoms in total. The van der Waals surface area contributed by atoms with E-state index in [9.17, 15) is 0 Å². The standard InChI is InChI=1S/C16H12N2O/c19-18-11-13-6-2-4-8-15(13)16-14-7-3-1-5-12(14)9-10-17-16/h1-11,19H. The van der Waals surface area contributed by atoms with Crippen LogP contribution in [0.4, 0.5) is 0 Å². The fraction of sp³-hybridized carbons (Fsp3) is 0. The van der Waals surface area contributed by atoms with Gasteiger partial charge in [0.25, 0.3) is 0 Å². The van der Waals surface area contributed by atoms with E-state index in [1.807, 2.05) is 48.5 Å². The lowest BCUT2D eigenvalue weighted by Crippen LogP contribution is -1.91. The minimum Gasteiger partial charge on any atom is -0.411 e. The van der Waals surface area contributed by atoms with Crippen LogP contribution < -0.4 is 0 Å². The van der Waals surface area contributed by atoms with E-state index < -0.39 is 0 Å². The van der Waals surface area contributed by atoms with E-state index in [2.05, 4.69) is 16.2 Å². The van der Waals surface area contributed by atoms with Crippen LogP contribution >= 0.6 is 0 Å². The highest BCUT2D eigenvalue weighted by Crippen LogP contribution is 2.28. The predicted molar refractivity (Wildman–Crippen MR) is 76.6 cm³/mol. The maximum Gasteiger partial charge on any atom is 0.0786 e. The molecule has 19 heavy (non-hydrogen) atoms. The van der Waals surface area contributed by atoms with Crippen molar-refractivity contribution >= 4 is 17.0 Å². The van der Waals surface area contributed by atoms with E-state index in [4.69, 9.17) is 5.21 Å². The number of pyridine rings is 1. The average Bonchev–Trinajstić information content (AvgIpc) is 2.48. The van der Waals surface area contributed by atoms with Gasteiger partial charge in [-0.2, -0.15) is 0 Å². The van der Waals surface area contributed by atoms with Crippen LogP contribution in [0.3, 0.4) is 0 Å². The number of nitrogens with zero attached hydrogens (tertiary/aromatic N) is 2. The van der Waals surface area contributed by atoms with E-state index >= 15 is 0 Å². The van der Waals surface area contributed by atoms with Gasteiger partial charge in [-0.25, -0.2) is 0 Å². The number of oxime groups is 1. The summed E-state index contributed by atoms with van der Waals surface area (Å²) in [6, 6.07) is 17.8. The second-order valence-electron chi connectivity index (χ2n) is 4.21. The second-order valence-corrected chi connectivity index (χ2v) is 4.21. The van der Waals surface area contributed by atoms with Gasteiger partial charge >= 0.3 is 0 Å². The van der Waals surface area contributed by atoms with Crippen LogP contribution in [0.2, 0.25) is 0 Å². The molecule has 92 valence electrons. The molecule has 0 aliphatic carbocycles. The topological polar surface area (TPSA) is 45.5 Å². The molecule has 0 amide bonds. The second kappa shape index (κ2) is 4.90. The summed E-state index contributed by atoms with van der Waals surface area (Å²) in [7, 11) is 0. The Hall–Kier alpha value is -2.68. The number of benzene rings is 2. The lowest BCUT2D eigenvalue weighted by Gasteiger charge is -2.08. The quantitative estimate of drug-likeness (QED) is 0.427. The molecule has 3 rings (SSSR count). The van der Waals surface area contributed by atoms with Gasteiger partial charge in [-0.05, 0) is 11.5 Å². The molecule has 1 heterocycles. The van der Waals surface area contributed by atoms with Gasteiger partial charge in [0, 0.05) is 22.7 Å². The molecule has 0 saturated carbocycles. The lowest BCUT2D eigenvalue weighted by molar-refractivity contribution is 0.322. The van der Waals surface area contributed by atoms with Crippen molar-refractivity contribution in [3.63, 3.8) is 0 Å². The first-order valence-corrected chi connectivity index (χ1v) is 6.01. The molecule has 3 aromatic rings. The van der Waals surface area contributed by atoms with Gasteiger partial charge in [-0.15, -0.1) is 0 Å². The molecule has 0 saturated heterocycles. The Labute approximate surface area is 110 Å². The Morgan fingerprint density at radius 3 is 2.63 bits per heavy atom. The summed E-state index contributed by atoms with van der Waals surface area (Å²) in [6.07, 6.45) is 3.23. The summed E-state index contributed by atoms with van der Waals surface area (Å²) in [5, 5.41) is 14.1. The molecule has 0 fully saturated rings. The molecule has 0 unspecified atom stereocenters. The van der Waals surface area contributed by atoms with Crippen LogP contribution in [-0.2, 0) is 0 Å². The first-order chi connectivity index (χ1) is 9.40. The van der Waals surface area contributed by atoms with Crippen molar-refractivity contribution in [2.45, 2.75) is 0 Å². The molecule has 1 aromatic heterocycles. The maximum atomic E-state index is 8.75. The van der Waals surface area contributed by atoms with E-state index in [0.29, 0.717) is 0 Å². The van der Waals surface area contributed by atoms with E-state index in [0.717, 1.165) is 27.6 Å². The normalized spacial score (nSPS) is 11.2. The third-order valence-corrected chi connectivity index (χ3v) is 3.09. The Balaban J connectivity index is 2.31. The molecule has 1 N–H and O–H groups in total. The molecule has 0 aliphatic heterocycles. The number of fused-ring (bicyclic) bond motifs is 1. The highest BCUT2D eigenvalue weighted by Gasteiger charge is 2.08. The molecule has 0 atom stereocenters. The monoisotopic (exact) mass is 248 g/mol. The lowest BCUT2D eigenvalue weighted by atomic mass is 10.00. The van der Waals surface area contributed by atoms with Crippen molar-refractivity contribution in [2.24, 2.45) is 5.16 Å².